The maximum atomic E-state index is 12.2. The van der Waals surface area contributed by atoms with Crippen LogP contribution in [0.1, 0.15) is 23.7 Å². The van der Waals surface area contributed by atoms with Gasteiger partial charge in [-0.25, -0.2) is 0 Å². The van der Waals surface area contributed by atoms with E-state index >= 15 is 0 Å². The minimum Gasteiger partial charge on any atom is -0.491 e. The molecule has 0 aliphatic carbocycles. The lowest BCUT2D eigenvalue weighted by atomic mass is 10.0. The van der Waals surface area contributed by atoms with E-state index in [0.717, 1.165) is 32.8 Å². The summed E-state index contributed by atoms with van der Waals surface area (Å²) in [4.78, 5) is 14.4. The van der Waals surface area contributed by atoms with Crippen molar-refractivity contribution in [2.75, 3.05) is 39.5 Å². The van der Waals surface area contributed by atoms with Gasteiger partial charge in [0.2, 0.25) is 0 Å². The fraction of sp³-hybridized carbons (Fsp3) is 0.471. The molecule has 0 spiro atoms. The number of hydrogen-bond donors (Lipinski definition) is 0. The van der Waals surface area contributed by atoms with Gasteiger partial charge in [-0.05, 0) is 24.1 Å². The summed E-state index contributed by atoms with van der Waals surface area (Å²) in [5, 5.41) is 0.485. The lowest BCUT2D eigenvalue weighted by Crippen LogP contribution is -2.38. The Balaban J connectivity index is 1.99. The molecule has 1 fully saturated rings. The van der Waals surface area contributed by atoms with Crippen LogP contribution >= 0.6 is 23.2 Å². The van der Waals surface area contributed by atoms with Crippen molar-refractivity contribution in [3.05, 3.63) is 39.9 Å². The largest absolute Gasteiger partial charge is 0.491 e. The number of hydrogen-bond acceptors (Lipinski definition) is 4. The Bertz CT molecular complexity index is 583. The molecule has 1 aromatic carbocycles. The molecule has 2 rings (SSSR count). The fourth-order valence-electron chi connectivity index (χ4n) is 2.28. The third-order valence-electron chi connectivity index (χ3n) is 3.81. The van der Waals surface area contributed by atoms with Crippen LogP contribution in [0.25, 0.3) is 0 Å². The minimum atomic E-state index is -0.181. The quantitative estimate of drug-likeness (QED) is 0.548. The van der Waals surface area contributed by atoms with Crippen molar-refractivity contribution >= 4 is 29.0 Å². The number of allylic oxidation sites excluding steroid dienone is 1. The third kappa shape index (κ3) is 4.70. The molecule has 0 aromatic heterocycles. The van der Waals surface area contributed by atoms with E-state index in [4.69, 9.17) is 32.7 Å². The lowest BCUT2D eigenvalue weighted by Gasteiger charge is -2.26. The van der Waals surface area contributed by atoms with Crippen LogP contribution in [0, 0.1) is 0 Å². The number of carbonyl (C=O) groups excluding carboxylic acids is 1. The second-order valence-corrected chi connectivity index (χ2v) is 6.08. The number of Topliss-reactive ketones (excluding diaryl/α,β-unsaturated/α-hetero) is 1. The van der Waals surface area contributed by atoms with E-state index in [1.165, 1.54) is 0 Å². The van der Waals surface area contributed by atoms with Crippen molar-refractivity contribution in [1.82, 2.24) is 4.90 Å². The molecule has 0 unspecified atom stereocenters. The first-order valence-corrected chi connectivity index (χ1v) is 8.43. The molecule has 0 saturated carbocycles. The van der Waals surface area contributed by atoms with Crippen LogP contribution in [-0.4, -0.2) is 50.1 Å². The standard InChI is InChI=1S/C17H21Cl2NO3/c1-3-12(2)17(21)13-4-5-14(16(19)15(13)18)23-11-8-20-6-9-22-10-7-20/h4-5H,2-3,6-11H2,1H3. The number of carbonyl (C=O) groups is 1. The summed E-state index contributed by atoms with van der Waals surface area (Å²) in [6, 6.07) is 3.32. The number of nitrogens with zero attached hydrogens (tertiary/aromatic N) is 1. The molecule has 1 heterocycles. The SMILES string of the molecule is C=C(CC)C(=O)c1ccc(OCCN2CCOCC2)c(Cl)c1Cl. The van der Waals surface area contributed by atoms with Crippen LogP contribution in [0.3, 0.4) is 0 Å². The van der Waals surface area contributed by atoms with E-state index in [2.05, 4.69) is 11.5 Å². The van der Waals surface area contributed by atoms with E-state index in [-0.39, 0.29) is 15.8 Å². The highest BCUT2D eigenvalue weighted by Crippen LogP contribution is 2.35. The van der Waals surface area contributed by atoms with E-state index in [1.54, 1.807) is 12.1 Å². The van der Waals surface area contributed by atoms with Gasteiger partial charge in [0.1, 0.15) is 17.4 Å². The molecule has 4 nitrogen and oxygen atoms in total. The van der Waals surface area contributed by atoms with Gasteiger partial charge in [0.25, 0.3) is 0 Å². The van der Waals surface area contributed by atoms with Crippen LogP contribution in [0.15, 0.2) is 24.3 Å². The highest BCUT2D eigenvalue weighted by molar-refractivity contribution is 6.45. The van der Waals surface area contributed by atoms with Gasteiger partial charge in [0.05, 0.1) is 18.2 Å². The Hall–Kier alpha value is -1.07. The second kappa shape index (κ2) is 8.69. The summed E-state index contributed by atoms with van der Waals surface area (Å²) in [5.41, 5.74) is 0.869. The topological polar surface area (TPSA) is 38.8 Å². The summed E-state index contributed by atoms with van der Waals surface area (Å²) in [6.45, 7) is 10.2. The van der Waals surface area contributed by atoms with Crippen LogP contribution < -0.4 is 4.74 Å². The van der Waals surface area contributed by atoms with E-state index < -0.39 is 0 Å². The summed E-state index contributed by atoms with van der Waals surface area (Å²) in [7, 11) is 0. The van der Waals surface area contributed by atoms with Crippen molar-refractivity contribution in [3.8, 4) is 5.75 Å². The first-order chi connectivity index (χ1) is 11.0. The Kier molecular flexibility index (Phi) is 6.90. The van der Waals surface area contributed by atoms with Crippen molar-refractivity contribution in [2.45, 2.75) is 13.3 Å². The van der Waals surface area contributed by atoms with Gasteiger partial charge in [-0.3, -0.25) is 9.69 Å². The molecule has 0 bridgehead atoms. The van der Waals surface area contributed by atoms with Crippen molar-refractivity contribution < 1.29 is 14.3 Å². The number of ketones is 1. The van der Waals surface area contributed by atoms with Crippen LogP contribution in [0.4, 0.5) is 0 Å². The molecule has 23 heavy (non-hydrogen) atoms. The monoisotopic (exact) mass is 357 g/mol. The zero-order valence-electron chi connectivity index (χ0n) is 13.2. The average Bonchev–Trinajstić information content (AvgIpc) is 2.58. The number of morpholine rings is 1. The van der Waals surface area contributed by atoms with Gasteiger partial charge in [0.15, 0.2) is 5.78 Å². The summed E-state index contributed by atoms with van der Waals surface area (Å²) >= 11 is 12.5. The molecule has 1 aromatic rings. The number of ether oxygens (including phenoxy) is 2. The third-order valence-corrected chi connectivity index (χ3v) is 4.67. The van der Waals surface area contributed by atoms with Crippen LogP contribution in [0.2, 0.25) is 10.0 Å². The maximum absolute atomic E-state index is 12.2. The molecule has 0 radical (unpaired) electrons. The molecule has 0 N–H and O–H groups in total. The number of halogens is 2. The smallest absolute Gasteiger partial charge is 0.189 e. The predicted molar refractivity (Wildman–Crippen MR) is 93.0 cm³/mol. The molecule has 126 valence electrons. The molecule has 1 saturated heterocycles. The molecule has 1 aliphatic heterocycles. The molecule has 1 aliphatic rings. The van der Waals surface area contributed by atoms with Gasteiger partial charge < -0.3 is 9.47 Å². The van der Waals surface area contributed by atoms with Gasteiger partial charge in [-0.1, -0.05) is 36.7 Å². The van der Waals surface area contributed by atoms with Crippen LogP contribution in [0.5, 0.6) is 5.75 Å². The first kappa shape index (κ1) is 18.3. The van der Waals surface area contributed by atoms with Gasteiger partial charge in [-0.2, -0.15) is 0 Å². The fourth-order valence-corrected chi connectivity index (χ4v) is 2.74. The molecule has 0 amide bonds. The summed E-state index contributed by atoms with van der Waals surface area (Å²) in [5.74, 6) is 0.308. The Morgan fingerprint density at radius 3 is 2.65 bits per heavy atom. The maximum Gasteiger partial charge on any atom is 0.189 e. The van der Waals surface area contributed by atoms with E-state index in [0.29, 0.717) is 29.9 Å². The van der Waals surface area contributed by atoms with Crippen LogP contribution in [-0.2, 0) is 4.74 Å². The minimum absolute atomic E-state index is 0.181. The molecule has 0 atom stereocenters. The van der Waals surface area contributed by atoms with Crippen molar-refractivity contribution in [1.29, 1.82) is 0 Å². The highest BCUT2D eigenvalue weighted by Gasteiger charge is 2.18. The Morgan fingerprint density at radius 1 is 1.30 bits per heavy atom. The summed E-state index contributed by atoms with van der Waals surface area (Å²) in [6.07, 6.45) is 0.574. The normalized spacial score (nSPS) is 15.4. The van der Waals surface area contributed by atoms with Gasteiger partial charge in [-0.15, -0.1) is 0 Å². The second-order valence-electron chi connectivity index (χ2n) is 5.33. The molecular weight excluding hydrogens is 337 g/mol. The number of benzene rings is 1. The zero-order chi connectivity index (χ0) is 16.8. The van der Waals surface area contributed by atoms with Crippen molar-refractivity contribution in [3.63, 3.8) is 0 Å². The molecule has 6 heteroatoms. The lowest BCUT2D eigenvalue weighted by molar-refractivity contribution is 0.0322. The summed E-state index contributed by atoms with van der Waals surface area (Å²) < 4.78 is 11.0. The van der Waals surface area contributed by atoms with E-state index in [1.807, 2.05) is 6.92 Å². The van der Waals surface area contributed by atoms with E-state index in [9.17, 15) is 4.79 Å². The Labute approximate surface area is 147 Å². The highest BCUT2D eigenvalue weighted by atomic mass is 35.5. The average molecular weight is 358 g/mol. The number of rotatable bonds is 7. The first-order valence-electron chi connectivity index (χ1n) is 7.68. The predicted octanol–water partition coefficient (Wildman–Crippen LogP) is 3.85. The molecular formula is C17H21Cl2NO3. The Morgan fingerprint density at radius 2 is 2.00 bits per heavy atom. The zero-order valence-corrected chi connectivity index (χ0v) is 14.8. The van der Waals surface area contributed by atoms with Gasteiger partial charge in [0, 0.05) is 25.2 Å². The van der Waals surface area contributed by atoms with Crippen molar-refractivity contribution in [2.24, 2.45) is 0 Å². The van der Waals surface area contributed by atoms with Gasteiger partial charge >= 0.3 is 0 Å².